The van der Waals surface area contributed by atoms with Crippen molar-refractivity contribution in [3.05, 3.63) is 87.3 Å². The Balaban J connectivity index is 1.26. The molecule has 0 radical (unpaired) electrons. The molecule has 1 aliphatic heterocycles. The summed E-state index contributed by atoms with van der Waals surface area (Å²) in [6.07, 6.45) is 5.88. The summed E-state index contributed by atoms with van der Waals surface area (Å²) in [5.74, 6) is -0.0311. The zero-order chi connectivity index (χ0) is 23.3. The van der Waals surface area contributed by atoms with Gasteiger partial charge < -0.3 is 15.6 Å². The van der Waals surface area contributed by atoms with Crippen LogP contribution in [0, 0.1) is 0 Å². The molecule has 4 aromatic rings. The summed E-state index contributed by atoms with van der Waals surface area (Å²) in [7, 11) is 0. The van der Waals surface area contributed by atoms with E-state index in [4.69, 9.17) is 11.6 Å². The molecular weight excluding hydrogens is 452 g/mol. The Morgan fingerprint density at radius 2 is 2.03 bits per heavy atom. The number of benzene rings is 1. The molecule has 1 atom stereocenters. The number of aromatic nitrogens is 4. The minimum absolute atomic E-state index is 0.163. The second kappa shape index (κ2) is 7.99. The quantitative estimate of drug-likeness (QED) is 0.395. The Bertz CT molecular complexity index is 1420. The molecule has 6 rings (SSSR count). The van der Waals surface area contributed by atoms with Crippen LogP contribution in [0.5, 0.6) is 0 Å². The number of rotatable bonds is 6. The number of pyridine rings is 1. The Morgan fingerprint density at radius 3 is 2.79 bits per heavy atom. The maximum Gasteiger partial charge on any atom is 0.294 e. The van der Waals surface area contributed by atoms with Gasteiger partial charge in [0.15, 0.2) is 11.0 Å². The molecule has 2 aliphatic rings. The van der Waals surface area contributed by atoms with Crippen molar-refractivity contribution in [3.63, 3.8) is 0 Å². The average molecular weight is 475 g/mol. The molecule has 3 N–H and O–H groups in total. The molecule has 3 aromatic heterocycles. The van der Waals surface area contributed by atoms with Gasteiger partial charge in [0.05, 0.1) is 12.2 Å². The molecule has 34 heavy (non-hydrogen) atoms. The van der Waals surface area contributed by atoms with Crippen LogP contribution in [0.15, 0.2) is 59.7 Å². The molecule has 1 spiro atoms. The van der Waals surface area contributed by atoms with Crippen molar-refractivity contribution in [1.82, 2.24) is 24.8 Å². The molecule has 4 heterocycles. The second-order valence-electron chi connectivity index (χ2n) is 9.09. The van der Waals surface area contributed by atoms with Crippen molar-refractivity contribution in [2.75, 3.05) is 5.32 Å². The van der Waals surface area contributed by atoms with Gasteiger partial charge in [0.1, 0.15) is 6.04 Å². The van der Waals surface area contributed by atoms with E-state index < -0.39 is 6.04 Å². The standard InChI is InChI=1S/C25H23ClN6O2/c26-21-20-25(7-8-25)11-19(23(33)29-14-17-10-16-13-27-9-6-18(16)30-17)32(20)24(34)22(31-21)28-12-15-4-2-1-3-5-15/h1-6,9-10,13,19,30H,7-8,11-12,14H2,(H,28,31)(H,29,33). The van der Waals surface area contributed by atoms with Crippen LogP contribution in [-0.2, 0) is 23.3 Å². The molecule has 8 nitrogen and oxygen atoms in total. The summed E-state index contributed by atoms with van der Waals surface area (Å²) in [5, 5.41) is 7.39. The van der Waals surface area contributed by atoms with Crippen LogP contribution in [-0.4, -0.2) is 25.4 Å². The second-order valence-corrected chi connectivity index (χ2v) is 9.45. The van der Waals surface area contributed by atoms with Crippen molar-refractivity contribution in [3.8, 4) is 0 Å². The van der Waals surface area contributed by atoms with Crippen LogP contribution in [0.3, 0.4) is 0 Å². The first-order valence-electron chi connectivity index (χ1n) is 11.3. The SMILES string of the molecule is O=C(NCc1cc2cnccc2[nH]1)C1CC2(CC2)c2c(Cl)nc(NCc3ccccc3)c(=O)n21. The first-order chi connectivity index (χ1) is 16.5. The van der Waals surface area contributed by atoms with E-state index >= 15 is 0 Å². The van der Waals surface area contributed by atoms with Crippen molar-refractivity contribution < 1.29 is 4.79 Å². The zero-order valence-electron chi connectivity index (χ0n) is 18.3. The topological polar surface area (TPSA) is 105 Å². The van der Waals surface area contributed by atoms with Gasteiger partial charge in [-0.3, -0.25) is 19.1 Å². The fourth-order valence-electron chi connectivity index (χ4n) is 4.97. The molecule has 1 unspecified atom stereocenters. The molecule has 1 saturated carbocycles. The van der Waals surface area contributed by atoms with Gasteiger partial charge in [-0.2, -0.15) is 0 Å². The Kier molecular flexibility index (Phi) is 4.91. The highest BCUT2D eigenvalue weighted by molar-refractivity contribution is 6.30. The molecule has 0 saturated heterocycles. The van der Waals surface area contributed by atoms with Gasteiger partial charge in [0.2, 0.25) is 5.91 Å². The number of aromatic amines is 1. The lowest BCUT2D eigenvalue weighted by molar-refractivity contribution is -0.124. The number of nitrogens with zero attached hydrogens (tertiary/aromatic N) is 3. The van der Waals surface area contributed by atoms with Crippen molar-refractivity contribution in [2.45, 2.75) is 43.8 Å². The lowest BCUT2D eigenvalue weighted by Crippen LogP contribution is -2.36. The molecule has 1 amide bonds. The van der Waals surface area contributed by atoms with Crippen LogP contribution in [0.1, 0.15) is 42.3 Å². The Morgan fingerprint density at radius 1 is 1.21 bits per heavy atom. The predicted octanol–water partition coefficient (Wildman–Crippen LogP) is 3.68. The molecule has 1 aliphatic carbocycles. The summed E-state index contributed by atoms with van der Waals surface area (Å²) in [4.78, 5) is 38.5. The normalized spacial score (nSPS) is 17.6. The number of H-pyrrole nitrogens is 1. The van der Waals surface area contributed by atoms with Gasteiger partial charge in [-0.15, -0.1) is 0 Å². The highest BCUT2D eigenvalue weighted by atomic mass is 35.5. The van der Waals surface area contributed by atoms with Crippen LogP contribution in [0.25, 0.3) is 10.9 Å². The summed E-state index contributed by atoms with van der Waals surface area (Å²) in [6, 6.07) is 13.0. The number of hydrogen-bond acceptors (Lipinski definition) is 5. The highest BCUT2D eigenvalue weighted by Crippen LogP contribution is 2.59. The fraction of sp³-hybridized carbons (Fsp3) is 0.280. The minimum Gasteiger partial charge on any atom is -0.361 e. The number of carbonyl (C=O) groups excluding carboxylic acids is 1. The number of anilines is 1. The smallest absolute Gasteiger partial charge is 0.294 e. The summed E-state index contributed by atoms with van der Waals surface area (Å²) >= 11 is 6.59. The molecule has 9 heteroatoms. The van der Waals surface area contributed by atoms with Crippen LogP contribution >= 0.6 is 11.6 Å². The maximum absolute atomic E-state index is 13.4. The van der Waals surface area contributed by atoms with E-state index in [1.807, 2.05) is 42.5 Å². The number of carbonyl (C=O) groups is 1. The van der Waals surface area contributed by atoms with Gasteiger partial charge in [-0.1, -0.05) is 41.9 Å². The third kappa shape index (κ3) is 3.54. The number of nitrogens with one attached hydrogen (secondary N) is 3. The molecule has 1 fully saturated rings. The van der Waals surface area contributed by atoms with Gasteiger partial charge in [0, 0.05) is 41.0 Å². The third-order valence-electron chi connectivity index (χ3n) is 6.85. The minimum atomic E-state index is -0.617. The van der Waals surface area contributed by atoms with Crippen LogP contribution in [0.4, 0.5) is 5.82 Å². The van der Waals surface area contributed by atoms with Crippen LogP contribution in [0.2, 0.25) is 5.15 Å². The van der Waals surface area contributed by atoms with Gasteiger partial charge in [0.25, 0.3) is 5.56 Å². The van der Waals surface area contributed by atoms with E-state index in [-0.39, 0.29) is 22.7 Å². The van der Waals surface area contributed by atoms with Crippen molar-refractivity contribution >= 4 is 34.2 Å². The van der Waals surface area contributed by atoms with E-state index in [1.54, 1.807) is 17.0 Å². The largest absolute Gasteiger partial charge is 0.361 e. The summed E-state index contributed by atoms with van der Waals surface area (Å²) < 4.78 is 1.57. The number of amides is 1. The molecule has 1 aromatic carbocycles. The number of halogens is 1. The van der Waals surface area contributed by atoms with E-state index in [0.29, 0.717) is 30.4 Å². The molecule has 0 bridgehead atoms. The lowest BCUT2D eigenvalue weighted by Gasteiger charge is -2.16. The van der Waals surface area contributed by atoms with E-state index in [9.17, 15) is 9.59 Å². The van der Waals surface area contributed by atoms with Gasteiger partial charge in [-0.05, 0) is 37.0 Å². The zero-order valence-corrected chi connectivity index (χ0v) is 19.1. The average Bonchev–Trinajstić information content (AvgIpc) is 3.35. The fourth-order valence-corrected chi connectivity index (χ4v) is 5.35. The van der Waals surface area contributed by atoms with E-state index in [2.05, 4.69) is 25.6 Å². The van der Waals surface area contributed by atoms with Crippen molar-refractivity contribution in [1.29, 1.82) is 0 Å². The number of hydrogen-bond donors (Lipinski definition) is 3. The maximum atomic E-state index is 13.4. The molecule has 172 valence electrons. The van der Waals surface area contributed by atoms with Crippen molar-refractivity contribution in [2.24, 2.45) is 0 Å². The first kappa shape index (κ1) is 20.9. The first-order valence-corrected chi connectivity index (χ1v) is 11.7. The highest BCUT2D eigenvalue weighted by Gasteiger charge is 2.56. The van der Waals surface area contributed by atoms with E-state index in [0.717, 1.165) is 35.0 Å². The Labute approximate surface area is 200 Å². The predicted molar refractivity (Wildman–Crippen MR) is 130 cm³/mol. The lowest BCUT2D eigenvalue weighted by atomic mass is 9.99. The third-order valence-corrected chi connectivity index (χ3v) is 7.12. The monoisotopic (exact) mass is 474 g/mol. The number of fused-ring (bicyclic) bond motifs is 3. The summed E-state index contributed by atoms with van der Waals surface area (Å²) in [5.41, 5.74) is 3.02. The molecular formula is C25H23ClN6O2. The van der Waals surface area contributed by atoms with Gasteiger partial charge in [-0.25, -0.2) is 4.98 Å². The Hall–Kier alpha value is -3.65. The van der Waals surface area contributed by atoms with Crippen LogP contribution < -0.4 is 16.2 Å². The van der Waals surface area contributed by atoms with Gasteiger partial charge >= 0.3 is 0 Å². The van der Waals surface area contributed by atoms with E-state index in [1.165, 1.54) is 0 Å². The summed E-state index contributed by atoms with van der Waals surface area (Å²) in [6.45, 7) is 0.773.